The topological polar surface area (TPSA) is 64.7 Å². The summed E-state index contributed by atoms with van der Waals surface area (Å²) in [6, 6.07) is 7.16. The lowest BCUT2D eigenvalue weighted by Gasteiger charge is -2.08. The standard InChI is InChI=1S/C16H14BrCl2N5O/c1-10-5-15(21-16(25)9-23-7-11(17)6-20-23)22-24(10)8-12-13(18)3-2-4-14(12)19/h2-7H,8-9H2,1H3,(H,21,22,25). The SMILES string of the molecule is Cc1cc(NC(=O)Cn2cc(Br)cn2)nn1Cc1c(Cl)cccc1Cl. The maximum Gasteiger partial charge on any atom is 0.247 e. The minimum Gasteiger partial charge on any atom is -0.308 e. The number of halogens is 3. The van der Waals surface area contributed by atoms with Crippen molar-refractivity contribution in [1.29, 1.82) is 0 Å². The van der Waals surface area contributed by atoms with Gasteiger partial charge in [-0.3, -0.25) is 14.2 Å². The number of anilines is 1. The zero-order valence-electron chi connectivity index (χ0n) is 13.2. The van der Waals surface area contributed by atoms with Crippen molar-refractivity contribution >= 4 is 50.9 Å². The summed E-state index contributed by atoms with van der Waals surface area (Å²) >= 11 is 15.7. The Kier molecular flexibility index (Phi) is 5.46. The zero-order chi connectivity index (χ0) is 18.0. The number of carbonyl (C=O) groups excluding carboxylic acids is 1. The smallest absolute Gasteiger partial charge is 0.247 e. The third-order valence-electron chi connectivity index (χ3n) is 3.53. The molecule has 3 aromatic rings. The van der Waals surface area contributed by atoms with Crippen LogP contribution in [0.3, 0.4) is 0 Å². The quantitative estimate of drug-likeness (QED) is 0.645. The van der Waals surface area contributed by atoms with Crippen molar-refractivity contribution in [3.63, 3.8) is 0 Å². The molecule has 0 aliphatic rings. The van der Waals surface area contributed by atoms with E-state index >= 15 is 0 Å². The van der Waals surface area contributed by atoms with Crippen LogP contribution in [0.25, 0.3) is 0 Å². The van der Waals surface area contributed by atoms with Crippen molar-refractivity contribution in [3.05, 3.63) is 62.4 Å². The normalized spacial score (nSPS) is 10.9. The number of benzene rings is 1. The van der Waals surface area contributed by atoms with Crippen molar-refractivity contribution in [3.8, 4) is 0 Å². The zero-order valence-corrected chi connectivity index (χ0v) is 16.3. The highest BCUT2D eigenvalue weighted by atomic mass is 79.9. The van der Waals surface area contributed by atoms with Gasteiger partial charge in [0, 0.05) is 33.6 Å². The summed E-state index contributed by atoms with van der Waals surface area (Å²) in [6.07, 6.45) is 3.35. The summed E-state index contributed by atoms with van der Waals surface area (Å²) in [5.74, 6) is 0.257. The minimum absolute atomic E-state index is 0.105. The third-order valence-corrected chi connectivity index (χ3v) is 4.64. The van der Waals surface area contributed by atoms with Crippen LogP contribution in [0.15, 0.2) is 41.1 Å². The second-order valence-electron chi connectivity index (χ2n) is 5.43. The molecule has 0 bridgehead atoms. The van der Waals surface area contributed by atoms with Crippen LogP contribution in [0.5, 0.6) is 0 Å². The highest BCUT2D eigenvalue weighted by Gasteiger charge is 2.12. The van der Waals surface area contributed by atoms with E-state index in [4.69, 9.17) is 23.2 Å². The first-order valence-corrected chi connectivity index (χ1v) is 8.92. The number of hydrogen-bond donors (Lipinski definition) is 1. The molecule has 25 heavy (non-hydrogen) atoms. The Balaban J connectivity index is 1.71. The Bertz CT molecular complexity index is 901. The lowest BCUT2D eigenvalue weighted by Crippen LogP contribution is -2.19. The van der Waals surface area contributed by atoms with Gasteiger partial charge in [-0.05, 0) is 35.0 Å². The average Bonchev–Trinajstić information content (AvgIpc) is 3.09. The Labute approximate surface area is 162 Å². The number of rotatable bonds is 5. The van der Waals surface area contributed by atoms with Gasteiger partial charge in [-0.2, -0.15) is 10.2 Å². The predicted molar refractivity (Wildman–Crippen MR) is 101 cm³/mol. The number of hydrogen-bond acceptors (Lipinski definition) is 3. The molecule has 0 saturated heterocycles. The molecule has 1 amide bonds. The third kappa shape index (κ3) is 4.42. The molecule has 0 fully saturated rings. The second-order valence-corrected chi connectivity index (χ2v) is 7.16. The van der Waals surface area contributed by atoms with Crippen LogP contribution in [0.4, 0.5) is 5.82 Å². The maximum atomic E-state index is 12.1. The van der Waals surface area contributed by atoms with Crippen LogP contribution in [0.2, 0.25) is 10.0 Å². The number of nitrogens with one attached hydrogen (secondary N) is 1. The average molecular weight is 443 g/mol. The molecule has 0 aliphatic carbocycles. The molecule has 1 N–H and O–H groups in total. The molecular weight excluding hydrogens is 429 g/mol. The summed E-state index contributed by atoms with van der Waals surface area (Å²) in [5, 5.41) is 12.4. The van der Waals surface area contributed by atoms with Crippen molar-refractivity contribution in [1.82, 2.24) is 19.6 Å². The van der Waals surface area contributed by atoms with E-state index in [2.05, 4.69) is 31.4 Å². The van der Waals surface area contributed by atoms with E-state index in [9.17, 15) is 4.79 Å². The molecular formula is C16H14BrCl2N5O. The number of aromatic nitrogens is 4. The molecule has 0 atom stereocenters. The fourth-order valence-electron chi connectivity index (χ4n) is 2.32. The summed E-state index contributed by atoms with van der Waals surface area (Å²) < 4.78 is 4.09. The molecule has 9 heteroatoms. The molecule has 3 rings (SSSR count). The molecule has 0 unspecified atom stereocenters. The van der Waals surface area contributed by atoms with Crippen molar-refractivity contribution in [2.45, 2.75) is 20.0 Å². The summed E-state index contributed by atoms with van der Waals surface area (Å²) in [4.78, 5) is 12.1. The first-order chi connectivity index (χ1) is 11.9. The lowest BCUT2D eigenvalue weighted by molar-refractivity contribution is -0.116. The Hall–Kier alpha value is -1.83. The molecule has 0 spiro atoms. The van der Waals surface area contributed by atoms with E-state index in [1.807, 2.05) is 6.92 Å². The molecule has 130 valence electrons. The summed E-state index contributed by atoms with van der Waals surface area (Å²) in [5.41, 5.74) is 1.67. The van der Waals surface area contributed by atoms with Crippen LogP contribution in [-0.4, -0.2) is 25.5 Å². The Morgan fingerprint density at radius 2 is 2.04 bits per heavy atom. The van der Waals surface area contributed by atoms with Crippen molar-refractivity contribution in [2.75, 3.05) is 5.32 Å². The van der Waals surface area contributed by atoms with Crippen molar-refractivity contribution < 1.29 is 4.79 Å². The fraction of sp³-hybridized carbons (Fsp3) is 0.188. The van der Waals surface area contributed by atoms with E-state index < -0.39 is 0 Å². The molecule has 6 nitrogen and oxygen atoms in total. The van der Waals surface area contributed by atoms with Gasteiger partial charge in [-0.15, -0.1) is 0 Å². The van der Waals surface area contributed by atoms with Gasteiger partial charge in [-0.25, -0.2) is 0 Å². The van der Waals surface area contributed by atoms with Gasteiger partial charge < -0.3 is 5.32 Å². The largest absolute Gasteiger partial charge is 0.308 e. The van der Waals surface area contributed by atoms with E-state index in [1.54, 1.807) is 41.3 Å². The van der Waals surface area contributed by atoms with Crippen LogP contribution < -0.4 is 5.32 Å². The Morgan fingerprint density at radius 3 is 2.68 bits per heavy atom. The molecule has 2 aromatic heterocycles. The van der Waals surface area contributed by atoms with Gasteiger partial charge in [0.05, 0.1) is 17.2 Å². The van der Waals surface area contributed by atoms with Crippen molar-refractivity contribution in [2.24, 2.45) is 0 Å². The van der Waals surface area contributed by atoms with E-state index in [0.717, 1.165) is 15.7 Å². The van der Waals surface area contributed by atoms with Gasteiger partial charge in [0.25, 0.3) is 0 Å². The first kappa shape index (κ1) is 18.0. The van der Waals surface area contributed by atoms with Crippen LogP contribution in [-0.2, 0) is 17.9 Å². The molecule has 0 aliphatic heterocycles. The Morgan fingerprint density at radius 1 is 1.32 bits per heavy atom. The number of aryl methyl sites for hydroxylation is 1. The van der Waals surface area contributed by atoms with Gasteiger partial charge in [0.15, 0.2) is 5.82 Å². The summed E-state index contributed by atoms with van der Waals surface area (Å²) in [7, 11) is 0. The molecule has 0 radical (unpaired) electrons. The number of carbonyl (C=O) groups is 1. The van der Waals surface area contributed by atoms with E-state index in [0.29, 0.717) is 22.4 Å². The molecule has 1 aromatic carbocycles. The van der Waals surface area contributed by atoms with Crippen LogP contribution >= 0.6 is 39.1 Å². The number of nitrogens with zero attached hydrogens (tertiary/aromatic N) is 4. The molecule has 0 saturated carbocycles. The highest BCUT2D eigenvalue weighted by molar-refractivity contribution is 9.10. The lowest BCUT2D eigenvalue weighted by atomic mass is 10.2. The second kappa shape index (κ2) is 7.59. The first-order valence-electron chi connectivity index (χ1n) is 7.37. The van der Waals surface area contributed by atoms with E-state index in [-0.39, 0.29) is 12.5 Å². The van der Waals surface area contributed by atoms with E-state index in [1.165, 1.54) is 4.68 Å². The van der Waals surface area contributed by atoms with Crippen LogP contribution in [0.1, 0.15) is 11.3 Å². The van der Waals surface area contributed by atoms with Crippen LogP contribution in [0, 0.1) is 6.92 Å². The van der Waals surface area contributed by atoms with Gasteiger partial charge in [0.2, 0.25) is 5.91 Å². The highest BCUT2D eigenvalue weighted by Crippen LogP contribution is 2.25. The number of amides is 1. The summed E-state index contributed by atoms with van der Waals surface area (Å²) in [6.45, 7) is 2.43. The minimum atomic E-state index is -0.212. The molecule has 2 heterocycles. The van der Waals surface area contributed by atoms with Gasteiger partial charge >= 0.3 is 0 Å². The maximum absolute atomic E-state index is 12.1. The van der Waals surface area contributed by atoms with Gasteiger partial charge in [-0.1, -0.05) is 29.3 Å². The fourth-order valence-corrected chi connectivity index (χ4v) is 3.16. The monoisotopic (exact) mass is 441 g/mol. The van der Waals surface area contributed by atoms with Gasteiger partial charge in [0.1, 0.15) is 6.54 Å². The predicted octanol–water partition coefficient (Wildman–Crippen LogP) is 4.14.